The summed E-state index contributed by atoms with van der Waals surface area (Å²) >= 11 is 0. The zero-order chi connectivity index (χ0) is 11.4. The highest BCUT2D eigenvalue weighted by Crippen LogP contribution is 2.20. The smallest absolute Gasteiger partial charge is 0.0967 e. The second-order valence-corrected chi connectivity index (χ2v) is 4.52. The Morgan fingerprint density at radius 1 is 1.50 bits per heavy atom. The van der Waals surface area contributed by atoms with E-state index in [0.717, 1.165) is 25.2 Å². The lowest BCUT2D eigenvalue weighted by Gasteiger charge is -2.34. The van der Waals surface area contributed by atoms with E-state index in [1.807, 2.05) is 13.2 Å². The van der Waals surface area contributed by atoms with Crippen molar-refractivity contribution in [3.8, 4) is 0 Å². The molecule has 1 aromatic heterocycles. The number of aliphatic hydroxyl groups is 1. The Bertz CT molecular complexity index is 324. The van der Waals surface area contributed by atoms with Crippen LogP contribution < -0.4 is 0 Å². The van der Waals surface area contributed by atoms with Crippen molar-refractivity contribution in [3.63, 3.8) is 0 Å². The minimum atomic E-state index is 0.279. The van der Waals surface area contributed by atoms with Gasteiger partial charge < -0.3 is 5.11 Å². The maximum absolute atomic E-state index is 9.05. The van der Waals surface area contributed by atoms with Crippen molar-refractivity contribution >= 4 is 0 Å². The first-order valence-electron chi connectivity index (χ1n) is 5.99. The molecule has 5 nitrogen and oxygen atoms in total. The Labute approximate surface area is 96.1 Å². The molecule has 0 saturated carbocycles. The Morgan fingerprint density at radius 2 is 2.38 bits per heavy atom. The lowest BCUT2D eigenvalue weighted by molar-refractivity contribution is 0.111. The standard InChI is InChI=1S/C11H20N4O/c1-14-8-10(12-13-14)9-15-6-3-2-4-11(15)5-7-16/h8,11,16H,2-7,9H2,1H3. The third kappa shape index (κ3) is 2.80. The number of aliphatic hydroxyl groups excluding tert-OH is 1. The summed E-state index contributed by atoms with van der Waals surface area (Å²) in [6.45, 7) is 2.25. The number of piperidine rings is 1. The molecule has 1 aliphatic rings. The van der Waals surface area contributed by atoms with E-state index in [0.29, 0.717) is 6.04 Å². The van der Waals surface area contributed by atoms with Gasteiger partial charge in [-0.2, -0.15) is 0 Å². The first kappa shape index (κ1) is 11.5. The van der Waals surface area contributed by atoms with Crippen molar-refractivity contribution in [1.29, 1.82) is 0 Å². The third-order valence-electron chi connectivity index (χ3n) is 3.23. The number of hydrogen-bond donors (Lipinski definition) is 1. The number of likely N-dealkylation sites (tertiary alicyclic amines) is 1. The van der Waals surface area contributed by atoms with Gasteiger partial charge >= 0.3 is 0 Å². The molecule has 1 N–H and O–H groups in total. The molecule has 1 saturated heterocycles. The fourth-order valence-corrected chi connectivity index (χ4v) is 2.42. The molecule has 1 atom stereocenters. The Balaban J connectivity index is 1.95. The van der Waals surface area contributed by atoms with Crippen molar-refractivity contribution in [1.82, 2.24) is 19.9 Å². The van der Waals surface area contributed by atoms with E-state index < -0.39 is 0 Å². The maximum atomic E-state index is 9.05. The van der Waals surface area contributed by atoms with Crippen molar-refractivity contribution < 1.29 is 5.11 Å². The number of nitrogens with zero attached hydrogens (tertiary/aromatic N) is 4. The van der Waals surface area contributed by atoms with Gasteiger partial charge in [0.1, 0.15) is 0 Å². The van der Waals surface area contributed by atoms with Crippen LogP contribution in [0.2, 0.25) is 0 Å². The SMILES string of the molecule is Cn1cc(CN2CCCCC2CCO)nn1. The van der Waals surface area contributed by atoms with E-state index in [-0.39, 0.29) is 6.61 Å². The van der Waals surface area contributed by atoms with Gasteiger partial charge in [-0.15, -0.1) is 5.10 Å². The predicted octanol–water partition coefficient (Wildman–Crippen LogP) is 0.552. The largest absolute Gasteiger partial charge is 0.396 e. The summed E-state index contributed by atoms with van der Waals surface area (Å²) in [7, 11) is 1.89. The first-order valence-corrected chi connectivity index (χ1v) is 5.99. The van der Waals surface area contributed by atoms with E-state index >= 15 is 0 Å². The minimum Gasteiger partial charge on any atom is -0.396 e. The molecule has 0 aliphatic carbocycles. The van der Waals surface area contributed by atoms with Crippen LogP contribution in [-0.2, 0) is 13.6 Å². The highest BCUT2D eigenvalue weighted by atomic mass is 16.3. The molecule has 0 spiro atoms. The van der Waals surface area contributed by atoms with Crippen LogP contribution in [0.1, 0.15) is 31.4 Å². The molecule has 1 fully saturated rings. The first-order chi connectivity index (χ1) is 7.79. The number of rotatable bonds is 4. The van der Waals surface area contributed by atoms with E-state index in [1.54, 1.807) is 4.68 Å². The number of hydrogen-bond acceptors (Lipinski definition) is 4. The summed E-state index contributed by atoms with van der Waals surface area (Å²) < 4.78 is 1.74. The quantitative estimate of drug-likeness (QED) is 0.811. The van der Waals surface area contributed by atoms with Crippen molar-refractivity contribution in [2.75, 3.05) is 13.2 Å². The molecular formula is C11H20N4O. The van der Waals surface area contributed by atoms with E-state index in [4.69, 9.17) is 5.11 Å². The zero-order valence-corrected chi connectivity index (χ0v) is 9.84. The zero-order valence-electron chi connectivity index (χ0n) is 9.84. The van der Waals surface area contributed by atoms with Crippen LogP contribution in [0.4, 0.5) is 0 Å². The summed E-state index contributed by atoms with van der Waals surface area (Å²) in [5.74, 6) is 0. The second-order valence-electron chi connectivity index (χ2n) is 4.52. The molecule has 0 amide bonds. The van der Waals surface area contributed by atoms with Crippen molar-refractivity contribution in [2.45, 2.75) is 38.3 Å². The molecule has 2 rings (SSSR count). The van der Waals surface area contributed by atoms with Gasteiger partial charge in [-0.25, -0.2) is 0 Å². The molecule has 1 aromatic rings. The van der Waals surface area contributed by atoms with Gasteiger partial charge in [0, 0.05) is 32.4 Å². The number of aryl methyl sites for hydroxylation is 1. The van der Waals surface area contributed by atoms with Gasteiger partial charge in [0.15, 0.2) is 0 Å². The van der Waals surface area contributed by atoms with E-state index in [2.05, 4.69) is 15.2 Å². The summed E-state index contributed by atoms with van der Waals surface area (Å²) in [5, 5.41) is 17.1. The van der Waals surface area contributed by atoms with Gasteiger partial charge in [0.25, 0.3) is 0 Å². The monoisotopic (exact) mass is 224 g/mol. The van der Waals surface area contributed by atoms with Crippen molar-refractivity contribution in [3.05, 3.63) is 11.9 Å². The topological polar surface area (TPSA) is 54.2 Å². The Morgan fingerprint density at radius 3 is 3.06 bits per heavy atom. The van der Waals surface area contributed by atoms with E-state index in [1.165, 1.54) is 19.3 Å². The molecule has 0 aromatic carbocycles. The van der Waals surface area contributed by atoms with Crippen LogP contribution in [-0.4, -0.2) is 44.2 Å². The van der Waals surface area contributed by atoms with Crippen molar-refractivity contribution in [2.24, 2.45) is 7.05 Å². The van der Waals surface area contributed by atoms with Crippen LogP contribution in [0.3, 0.4) is 0 Å². The summed E-state index contributed by atoms with van der Waals surface area (Å²) in [4.78, 5) is 2.42. The van der Waals surface area contributed by atoms with E-state index in [9.17, 15) is 0 Å². The fraction of sp³-hybridized carbons (Fsp3) is 0.818. The molecule has 1 aliphatic heterocycles. The second kappa shape index (κ2) is 5.41. The number of aromatic nitrogens is 3. The molecule has 5 heteroatoms. The maximum Gasteiger partial charge on any atom is 0.0967 e. The Hall–Kier alpha value is -0.940. The summed E-state index contributed by atoms with van der Waals surface area (Å²) in [6, 6.07) is 0.515. The van der Waals surface area contributed by atoms with Crippen LogP contribution in [0, 0.1) is 0 Å². The van der Waals surface area contributed by atoms with Gasteiger partial charge in [0.05, 0.1) is 5.69 Å². The highest BCUT2D eigenvalue weighted by molar-refractivity contribution is 4.93. The average Bonchev–Trinajstić information content (AvgIpc) is 2.67. The Kier molecular flexibility index (Phi) is 3.90. The normalized spacial score (nSPS) is 22.5. The average molecular weight is 224 g/mol. The van der Waals surface area contributed by atoms with Gasteiger partial charge in [-0.1, -0.05) is 11.6 Å². The molecule has 1 unspecified atom stereocenters. The fourth-order valence-electron chi connectivity index (χ4n) is 2.42. The third-order valence-corrected chi connectivity index (χ3v) is 3.23. The minimum absolute atomic E-state index is 0.279. The van der Waals surface area contributed by atoms with Crippen LogP contribution in [0.5, 0.6) is 0 Å². The summed E-state index contributed by atoms with van der Waals surface area (Å²) in [5.41, 5.74) is 1.02. The summed E-state index contributed by atoms with van der Waals surface area (Å²) in [6.07, 6.45) is 6.57. The molecule has 0 radical (unpaired) electrons. The van der Waals surface area contributed by atoms with Crippen LogP contribution >= 0.6 is 0 Å². The van der Waals surface area contributed by atoms with Gasteiger partial charge in [-0.05, 0) is 25.8 Å². The van der Waals surface area contributed by atoms with Gasteiger partial charge in [-0.3, -0.25) is 9.58 Å². The molecular weight excluding hydrogens is 204 g/mol. The lowest BCUT2D eigenvalue weighted by Crippen LogP contribution is -2.39. The molecule has 90 valence electrons. The molecule has 2 heterocycles. The molecule has 0 bridgehead atoms. The van der Waals surface area contributed by atoms with Crippen LogP contribution in [0.25, 0.3) is 0 Å². The van der Waals surface area contributed by atoms with Gasteiger partial charge in [0.2, 0.25) is 0 Å². The predicted molar refractivity (Wildman–Crippen MR) is 60.8 cm³/mol. The lowest BCUT2D eigenvalue weighted by atomic mass is 9.99. The molecule has 16 heavy (non-hydrogen) atoms. The highest BCUT2D eigenvalue weighted by Gasteiger charge is 2.22. The van der Waals surface area contributed by atoms with Crippen LogP contribution in [0.15, 0.2) is 6.20 Å².